The highest BCUT2D eigenvalue weighted by molar-refractivity contribution is 5.94. The van der Waals surface area contributed by atoms with Crippen LogP contribution < -0.4 is 31.2 Å². The molecule has 12 nitrogen and oxygen atoms in total. The van der Waals surface area contributed by atoms with Crippen LogP contribution in [-0.2, 0) is 22.4 Å². The van der Waals surface area contributed by atoms with Crippen molar-refractivity contribution in [2.45, 2.75) is 77.4 Å². The van der Waals surface area contributed by atoms with Gasteiger partial charge < -0.3 is 45.9 Å². The number of hydrogen-bond donors (Lipinski definition) is 7. The largest absolute Gasteiger partial charge is 0.504 e. The normalized spacial score (nSPS) is 19.2. The molecular formula is C38H59N5O7. The number of nitrogens with zero attached hydrogens (tertiary/aromatic N) is 1. The summed E-state index contributed by atoms with van der Waals surface area (Å²) in [5.41, 5.74) is 7.74. The fourth-order valence-corrected chi connectivity index (χ4v) is 6.36. The second-order valence-electron chi connectivity index (χ2n) is 13.7. The molecule has 1 fully saturated rings. The van der Waals surface area contributed by atoms with Gasteiger partial charge in [0.2, 0.25) is 0 Å². The third-order valence-electron chi connectivity index (χ3n) is 9.21. The molecule has 2 aromatic carbocycles. The molecule has 0 radical (unpaired) electrons. The summed E-state index contributed by atoms with van der Waals surface area (Å²) in [5.74, 6) is 1.62. The lowest BCUT2D eigenvalue weighted by Crippen LogP contribution is -2.42. The van der Waals surface area contributed by atoms with Crippen LogP contribution in [0.2, 0.25) is 0 Å². The molecule has 0 saturated heterocycles. The maximum Gasteiger partial charge on any atom is 0.192 e. The van der Waals surface area contributed by atoms with E-state index >= 15 is 0 Å². The number of guanidine groups is 1. The van der Waals surface area contributed by atoms with Crippen LogP contribution in [0.4, 0.5) is 5.69 Å². The second kappa shape index (κ2) is 20.1. The van der Waals surface area contributed by atoms with Gasteiger partial charge in [0.1, 0.15) is 5.60 Å². The molecule has 8 N–H and O–H groups in total. The quantitative estimate of drug-likeness (QED) is 0.0244. The van der Waals surface area contributed by atoms with Gasteiger partial charge in [0.15, 0.2) is 34.7 Å². The Hall–Kier alpha value is -3.84. The van der Waals surface area contributed by atoms with Gasteiger partial charge in [-0.25, -0.2) is 0 Å². The fraction of sp³-hybridized carbons (Fsp3) is 0.579. The lowest BCUT2D eigenvalue weighted by Gasteiger charge is -2.32. The number of carbonyl (C=O) groups is 1. The Bertz CT molecular complexity index is 1430. The number of phenolic OH excluding ortho intramolecular Hbond substituents is 2. The SMILES string of the molecule is CN=C(N)Nc1cc(C[C@H](/C=C/C(=O)CCc2ccc(O)c(OC)c2)C(C)C)cc(O[C@]2(CNC)CC[C@H](CCOCNC[C@H](C)O)C2)c1O. The van der Waals surface area contributed by atoms with Crippen molar-refractivity contribution in [1.82, 2.24) is 10.6 Å². The predicted octanol–water partition coefficient (Wildman–Crippen LogP) is 4.51. The van der Waals surface area contributed by atoms with Crippen LogP contribution in [0.3, 0.4) is 0 Å². The second-order valence-corrected chi connectivity index (χ2v) is 13.7. The van der Waals surface area contributed by atoms with Crippen molar-refractivity contribution in [2.24, 2.45) is 28.5 Å². The predicted molar refractivity (Wildman–Crippen MR) is 198 cm³/mol. The van der Waals surface area contributed by atoms with E-state index < -0.39 is 11.7 Å². The number of carbonyl (C=O) groups excluding carboxylic acids is 1. The maximum atomic E-state index is 12.9. The number of allylic oxidation sites excluding steroid dienone is 2. The van der Waals surface area contributed by atoms with Gasteiger partial charge in [-0.3, -0.25) is 15.1 Å². The number of benzene rings is 2. The van der Waals surface area contributed by atoms with Crippen molar-refractivity contribution >= 4 is 17.4 Å². The van der Waals surface area contributed by atoms with E-state index in [0.29, 0.717) is 68.8 Å². The number of nitrogens with two attached hydrogens (primary N) is 1. The van der Waals surface area contributed by atoms with Crippen LogP contribution in [0.5, 0.6) is 23.0 Å². The standard InChI is InChI=1S/C38H59N5O7/c1-25(2)30(9-11-31(45)10-7-27-8-12-33(46)34(19-27)48-6)17-29-18-32(43-37(39)41-5)36(47)35(20-29)50-38(23-40-4)15-13-28(21-38)14-16-49-24-42-22-26(3)44/h8-9,11-12,18-20,25-26,28,30,40,42,44,46-47H,7,10,13-17,21-24H2,1-6H3,(H3,39,41,43)/b11-9+/t26-,28+,30-,38+/m0/s1. The average molecular weight is 698 g/mol. The van der Waals surface area contributed by atoms with E-state index in [4.69, 9.17) is 19.9 Å². The first-order chi connectivity index (χ1) is 23.9. The summed E-state index contributed by atoms with van der Waals surface area (Å²) in [6, 6.07) is 8.86. The van der Waals surface area contributed by atoms with Crippen molar-refractivity contribution < 1.29 is 34.3 Å². The van der Waals surface area contributed by atoms with E-state index in [1.165, 1.54) is 7.11 Å². The van der Waals surface area contributed by atoms with Crippen LogP contribution in [-0.4, -0.2) is 86.4 Å². The Morgan fingerprint density at radius 2 is 1.92 bits per heavy atom. The zero-order valence-electron chi connectivity index (χ0n) is 30.6. The van der Waals surface area contributed by atoms with Crippen LogP contribution in [0, 0.1) is 17.8 Å². The third-order valence-corrected chi connectivity index (χ3v) is 9.21. The highest BCUT2D eigenvalue weighted by atomic mass is 16.5. The first kappa shape index (κ1) is 40.6. The van der Waals surface area contributed by atoms with Crippen molar-refractivity contribution in [3.63, 3.8) is 0 Å². The van der Waals surface area contributed by atoms with Gasteiger partial charge in [0.05, 0.1) is 25.6 Å². The Kier molecular flexibility index (Phi) is 16.3. The van der Waals surface area contributed by atoms with E-state index in [0.717, 1.165) is 36.8 Å². The highest BCUT2D eigenvalue weighted by Gasteiger charge is 2.41. The van der Waals surface area contributed by atoms with E-state index in [-0.39, 0.29) is 35.1 Å². The number of anilines is 1. The number of rotatable bonds is 21. The summed E-state index contributed by atoms with van der Waals surface area (Å²) in [6.07, 6.45) is 8.17. The Balaban J connectivity index is 1.75. The number of ketones is 1. The minimum atomic E-state index is -0.521. The van der Waals surface area contributed by atoms with Gasteiger partial charge in [0.25, 0.3) is 0 Å². The highest BCUT2D eigenvalue weighted by Crippen LogP contribution is 2.44. The lowest BCUT2D eigenvalue weighted by atomic mass is 9.88. The van der Waals surface area contributed by atoms with Crippen LogP contribution in [0.15, 0.2) is 47.5 Å². The molecule has 0 aliphatic heterocycles. The number of aliphatic hydroxyl groups is 1. The molecule has 4 atom stereocenters. The minimum Gasteiger partial charge on any atom is -0.504 e. The number of likely N-dealkylation sites (N-methyl/N-ethyl adjacent to an activating group) is 1. The number of hydrogen-bond acceptors (Lipinski definition) is 10. The Labute approximate surface area is 297 Å². The summed E-state index contributed by atoms with van der Waals surface area (Å²) >= 11 is 0. The Morgan fingerprint density at radius 1 is 1.16 bits per heavy atom. The van der Waals surface area contributed by atoms with Crippen molar-refractivity contribution in [1.29, 1.82) is 0 Å². The van der Waals surface area contributed by atoms with Crippen LogP contribution >= 0.6 is 0 Å². The van der Waals surface area contributed by atoms with Gasteiger partial charge >= 0.3 is 0 Å². The molecule has 12 heteroatoms. The molecule has 0 unspecified atom stereocenters. The van der Waals surface area contributed by atoms with Gasteiger partial charge in [-0.1, -0.05) is 26.0 Å². The number of phenols is 2. The molecule has 1 saturated carbocycles. The molecule has 0 amide bonds. The van der Waals surface area contributed by atoms with Gasteiger partial charge in [-0.15, -0.1) is 0 Å². The summed E-state index contributed by atoms with van der Waals surface area (Å²) in [6.45, 7) is 8.07. The van der Waals surface area contributed by atoms with Gasteiger partial charge in [-0.05, 0) is 112 Å². The molecular weight excluding hydrogens is 638 g/mol. The smallest absolute Gasteiger partial charge is 0.192 e. The lowest BCUT2D eigenvalue weighted by molar-refractivity contribution is -0.114. The molecule has 1 aliphatic rings. The molecule has 3 rings (SSSR count). The summed E-state index contributed by atoms with van der Waals surface area (Å²) in [4.78, 5) is 16.9. The molecule has 0 heterocycles. The number of methoxy groups -OCH3 is 1. The molecule has 1 aliphatic carbocycles. The maximum absolute atomic E-state index is 12.9. The zero-order chi connectivity index (χ0) is 36.7. The summed E-state index contributed by atoms with van der Waals surface area (Å²) in [7, 11) is 4.97. The molecule has 0 bridgehead atoms. The topological polar surface area (TPSA) is 180 Å². The molecule has 278 valence electrons. The van der Waals surface area contributed by atoms with Crippen molar-refractivity contribution in [3.05, 3.63) is 53.6 Å². The van der Waals surface area contributed by atoms with E-state index in [9.17, 15) is 20.1 Å². The van der Waals surface area contributed by atoms with Crippen LogP contribution in [0.1, 0.15) is 64.0 Å². The van der Waals surface area contributed by atoms with E-state index in [1.807, 2.05) is 25.3 Å². The Morgan fingerprint density at radius 3 is 2.60 bits per heavy atom. The summed E-state index contributed by atoms with van der Waals surface area (Å²) in [5, 5.41) is 40.1. The number of aliphatic hydroxyl groups excluding tert-OH is 1. The number of aliphatic imine (C=N–C) groups is 1. The summed E-state index contributed by atoms with van der Waals surface area (Å²) < 4.78 is 17.7. The third kappa shape index (κ3) is 12.8. The first-order valence-corrected chi connectivity index (χ1v) is 17.6. The number of nitrogens with one attached hydrogen (secondary N) is 3. The number of aryl methyl sites for hydroxylation is 1. The fourth-order valence-electron chi connectivity index (χ4n) is 6.36. The van der Waals surface area contributed by atoms with Gasteiger partial charge in [0, 0.05) is 33.2 Å². The molecule has 0 spiro atoms. The van der Waals surface area contributed by atoms with Crippen LogP contribution in [0.25, 0.3) is 0 Å². The van der Waals surface area contributed by atoms with E-state index in [1.54, 1.807) is 38.2 Å². The van der Waals surface area contributed by atoms with E-state index in [2.05, 4.69) is 34.8 Å². The van der Waals surface area contributed by atoms with Gasteiger partial charge in [-0.2, -0.15) is 0 Å². The number of aromatic hydroxyl groups is 2. The number of ether oxygens (including phenoxy) is 3. The molecule has 2 aromatic rings. The van der Waals surface area contributed by atoms with Crippen molar-refractivity contribution in [2.75, 3.05) is 52.9 Å². The monoisotopic (exact) mass is 697 g/mol. The van der Waals surface area contributed by atoms with Crippen molar-refractivity contribution in [3.8, 4) is 23.0 Å². The molecule has 50 heavy (non-hydrogen) atoms. The molecule has 0 aromatic heterocycles. The first-order valence-electron chi connectivity index (χ1n) is 17.6. The minimum absolute atomic E-state index is 0.0120. The average Bonchev–Trinajstić information content (AvgIpc) is 3.47. The zero-order valence-corrected chi connectivity index (χ0v) is 30.6.